The van der Waals surface area contributed by atoms with E-state index in [9.17, 15) is 0 Å². The highest BCUT2D eigenvalue weighted by Crippen LogP contribution is 2.22. The minimum atomic E-state index is 0.741. The molecule has 1 heterocycles. The molecule has 5 heteroatoms. The molecule has 0 saturated carbocycles. The van der Waals surface area contributed by atoms with Gasteiger partial charge in [-0.15, -0.1) is 0 Å². The zero-order valence-electron chi connectivity index (χ0n) is 9.24. The van der Waals surface area contributed by atoms with Crippen molar-refractivity contribution in [2.75, 3.05) is 6.54 Å². The summed E-state index contributed by atoms with van der Waals surface area (Å²) in [6, 6.07) is 7.88. The van der Waals surface area contributed by atoms with Gasteiger partial charge in [0.1, 0.15) is 0 Å². The molecule has 1 aromatic carbocycles. The van der Waals surface area contributed by atoms with Gasteiger partial charge in [-0.25, -0.2) is 0 Å². The Morgan fingerprint density at radius 2 is 2.29 bits per heavy atom. The van der Waals surface area contributed by atoms with Crippen molar-refractivity contribution in [2.45, 2.75) is 13.1 Å². The lowest BCUT2D eigenvalue weighted by molar-refractivity contribution is 0.555. The molecule has 1 aromatic heterocycles. The predicted molar refractivity (Wildman–Crippen MR) is 73.1 cm³/mol. The average Bonchev–Trinajstić information content (AvgIpc) is 2.82. The largest absolute Gasteiger partial charge is 0.311 e. The normalized spacial score (nSPS) is 10.7. The van der Waals surface area contributed by atoms with E-state index >= 15 is 0 Å². The average molecular weight is 315 g/mol. The molecule has 0 aliphatic rings. The van der Waals surface area contributed by atoms with Gasteiger partial charge in [-0.3, -0.25) is 4.68 Å². The maximum absolute atomic E-state index is 5.93. The molecule has 0 spiro atoms. The second-order valence-electron chi connectivity index (χ2n) is 3.69. The molecule has 2 rings (SSSR count). The molecular formula is C12H13BrClN3. The van der Waals surface area contributed by atoms with Gasteiger partial charge in [-0.1, -0.05) is 17.7 Å². The van der Waals surface area contributed by atoms with Crippen molar-refractivity contribution in [3.05, 3.63) is 51.7 Å². The van der Waals surface area contributed by atoms with Crippen molar-refractivity contribution < 1.29 is 0 Å². The Morgan fingerprint density at radius 3 is 3.00 bits per heavy atom. The minimum absolute atomic E-state index is 0.741. The first-order chi connectivity index (χ1) is 8.25. The highest BCUT2D eigenvalue weighted by atomic mass is 79.9. The van der Waals surface area contributed by atoms with Gasteiger partial charge in [0.2, 0.25) is 0 Å². The summed E-state index contributed by atoms with van der Waals surface area (Å²) in [5, 5.41) is 8.24. The molecular weight excluding hydrogens is 302 g/mol. The first kappa shape index (κ1) is 12.6. The van der Waals surface area contributed by atoms with E-state index in [0.717, 1.165) is 29.1 Å². The Kier molecular flexibility index (Phi) is 4.59. The van der Waals surface area contributed by atoms with Crippen LogP contribution >= 0.6 is 27.5 Å². The summed E-state index contributed by atoms with van der Waals surface area (Å²) >= 11 is 9.34. The van der Waals surface area contributed by atoms with Crippen LogP contribution in [0.15, 0.2) is 41.1 Å². The van der Waals surface area contributed by atoms with Crippen molar-refractivity contribution in [3.8, 4) is 0 Å². The standard InChI is InChI=1S/C12H13BrClN3/c13-11-8-10(2-3-12(11)14)9-15-5-7-17-6-1-4-16-17/h1-4,6,8,15H,5,7,9H2. The maximum Gasteiger partial charge on any atom is 0.0548 e. The van der Waals surface area contributed by atoms with Crippen LogP contribution in [0.5, 0.6) is 0 Å². The van der Waals surface area contributed by atoms with Gasteiger partial charge in [0.25, 0.3) is 0 Å². The lowest BCUT2D eigenvalue weighted by Crippen LogP contribution is -2.19. The van der Waals surface area contributed by atoms with E-state index in [4.69, 9.17) is 11.6 Å². The molecule has 0 saturated heterocycles. The van der Waals surface area contributed by atoms with Crippen LogP contribution in [0.2, 0.25) is 5.02 Å². The molecule has 3 nitrogen and oxygen atoms in total. The zero-order chi connectivity index (χ0) is 12.1. The van der Waals surface area contributed by atoms with Crippen molar-refractivity contribution in [1.82, 2.24) is 15.1 Å². The fourth-order valence-corrected chi connectivity index (χ4v) is 2.05. The van der Waals surface area contributed by atoms with E-state index in [1.807, 2.05) is 35.1 Å². The third kappa shape index (κ3) is 3.84. The Labute approximate surface area is 114 Å². The van der Waals surface area contributed by atoms with Crippen LogP contribution in [0.25, 0.3) is 0 Å². The van der Waals surface area contributed by atoms with E-state index in [1.165, 1.54) is 5.56 Å². The number of hydrogen-bond acceptors (Lipinski definition) is 2. The van der Waals surface area contributed by atoms with Crippen molar-refractivity contribution in [3.63, 3.8) is 0 Å². The maximum atomic E-state index is 5.93. The summed E-state index contributed by atoms with van der Waals surface area (Å²) in [5.41, 5.74) is 1.21. The van der Waals surface area contributed by atoms with Crippen LogP contribution in [-0.4, -0.2) is 16.3 Å². The molecule has 0 amide bonds. The number of nitrogens with zero attached hydrogens (tertiary/aromatic N) is 2. The Bertz CT molecular complexity index is 471. The monoisotopic (exact) mass is 313 g/mol. The van der Waals surface area contributed by atoms with Crippen molar-refractivity contribution in [1.29, 1.82) is 0 Å². The van der Waals surface area contributed by atoms with Gasteiger partial charge in [-0.2, -0.15) is 5.10 Å². The summed E-state index contributed by atoms with van der Waals surface area (Å²) in [4.78, 5) is 0. The summed E-state index contributed by atoms with van der Waals surface area (Å²) in [5.74, 6) is 0. The van der Waals surface area contributed by atoms with Crippen LogP contribution < -0.4 is 5.32 Å². The molecule has 0 fully saturated rings. The number of halogens is 2. The second-order valence-corrected chi connectivity index (χ2v) is 4.96. The number of benzene rings is 1. The molecule has 0 aliphatic heterocycles. The molecule has 90 valence electrons. The van der Waals surface area contributed by atoms with Crippen LogP contribution in [0.3, 0.4) is 0 Å². The predicted octanol–water partition coefficient (Wildman–Crippen LogP) is 3.09. The molecule has 0 atom stereocenters. The van der Waals surface area contributed by atoms with Crippen molar-refractivity contribution in [2.24, 2.45) is 0 Å². The molecule has 0 radical (unpaired) electrons. The summed E-state index contributed by atoms with van der Waals surface area (Å²) < 4.78 is 2.84. The highest BCUT2D eigenvalue weighted by molar-refractivity contribution is 9.10. The third-order valence-electron chi connectivity index (χ3n) is 2.39. The second kappa shape index (κ2) is 6.19. The number of nitrogens with one attached hydrogen (secondary N) is 1. The fourth-order valence-electron chi connectivity index (χ4n) is 1.51. The Balaban J connectivity index is 1.76. The van der Waals surface area contributed by atoms with E-state index in [-0.39, 0.29) is 0 Å². The fraction of sp³-hybridized carbons (Fsp3) is 0.250. The van der Waals surface area contributed by atoms with Gasteiger partial charge in [0.15, 0.2) is 0 Å². The molecule has 0 unspecified atom stereocenters. The van der Waals surface area contributed by atoms with Crippen LogP contribution in [0.1, 0.15) is 5.56 Å². The quantitative estimate of drug-likeness (QED) is 0.860. The van der Waals surface area contributed by atoms with E-state index < -0.39 is 0 Å². The van der Waals surface area contributed by atoms with Crippen LogP contribution in [-0.2, 0) is 13.1 Å². The number of aromatic nitrogens is 2. The van der Waals surface area contributed by atoms with Gasteiger partial charge < -0.3 is 5.32 Å². The Hall–Kier alpha value is -0.840. The molecule has 0 aliphatic carbocycles. The molecule has 2 aromatic rings. The van der Waals surface area contributed by atoms with E-state index in [0.29, 0.717) is 0 Å². The van der Waals surface area contributed by atoms with Crippen LogP contribution in [0.4, 0.5) is 0 Å². The SMILES string of the molecule is Clc1ccc(CNCCn2cccn2)cc1Br. The minimum Gasteiger partial charge on any atom is -0.311 e. The smallest absolute Gasteiger partial charge is 0.0548 e. The van der Waals surface area contributed by atoms with E-state index in [2.05, 4.69) is 26.3 Å². The molecule has 17 heavy (non-hydrogen) atoms. The lowest BCUT2D eigenvalue weighted by Gasteiger charge is -2.06. The number of rotatable bonds is 5. The molecule has 0 bridgehead atoms. The number of hydrogen-bond donors (Lipinski definition) is 1. The topological polar surface area (TPSA) is 29.9 Å². The third-order valence-corrected chi connectivity index (χ3v) is 3.60. The first-order valence-electron chi connectivity index (χ1n) is 5.38. The first-order valence-corrected chi connectivity index (χ1v) is 6.55. The van der Waals surface area contributed by atoms with Gasteiger partial charge >= 0.3 is 0 Å². The van der Waals surface area contributed by atoms with Crippen molar-refractivity contribution >= 4 is 27.5 Å². The van der Waals surface area contributed by atoms with Gasteiger partial charge in [0.05, 0.1) is 11.6 Å². The summed E-state index contributed by atoms with van der Waals surface area (Å²) in [7, 11) is 0. The lowest BCUT2D eigenvalue weighted by atomic mass is 10.2. The van der Waals surface area contributed by atoms with Gasteiger partial charge in [-0.05, 0) is 39.7 Å². The van der Waals surface area contributed by atoms with Gasteiger partial charge in [0, 0.05) is 30.0 Å². The van der Waals surface area contributed by atoms with E-state index in [1.54, 1.807) is 6.20 Å². The Morgan fingerprint density at radius 1 is 1.41 bits per heavy atom. The summed E-state index contributed by atoms with van der Waals surface area (Å²) in [6.07, 6.45) is 3.75. The molecule has 1 N–H and O–H groups in total. The summed E-state index contributed by atoms with van der Waals surface area (Å²) in [6.45, 7) is 2.60. The van der Waals surface area contributed by atoms with Crippen LogP contribution in [0, 0.1) is 0 Å². The zero-order valence-corrected chi connectivity index (χ0v) is 11.6. The highest BCUT2D eigenvalue weighted by Gasteiger charge is 1.98.